The van der Waals surface area contributed by atoms with Gasteiger partial charge < -0.3 is 9.88 Å². The number of nitrogens with one attached hydrogen (secondary N) is 1. The molecule has 0 saturated heterocycles. The number of sulfone groups is 1. The molecule has 102 valence electrons. The van der Waals surface area contributed by atoms with Crippen LogP contribution in [0.1, 0.15) is 38.1 Å². The van der Waals surface area contributed by atoms with Crippen molar-refractivity contribution in [3.05, 3.63) is 12.2 Å². The second-order valence-electron chi connectivity index (χ2n) is 5.09. The Kier molecular flexibility index (Phi) is 3.72. The second-order valence-corrected chi connectivity index (χ2v) is 7.36. The van der Waals surface area contributed by atoms with Gasteiger partial charge in [0, 0.05) is 19.3 Å². The van der Waals surface area contributed by atoms with Gasteiger partial charge in [0.05, 0.1) is 11.3 Å². The fourth-order valence-corrected chi connectivity index (χ4v) is 4.12. The normalized spacial score (nSPS) is 26.4. The standard InChI is InChI=1S/C11H20N4O2S/c1-8(11-14-12-7-15(11)2)13-9-5-4-6-10(9)18(3,16)17/h7-10,13H,4-6H2,1-3H3. The first kappa shape index (κ1) is 13.5. The highest BCUT2D eigenvalue weighted by atomic mass is 32.2. The molecule has 0 radical (unpaired) electrons. The number of hydrogen-bond acceptors (Lipinski definition) is 5. The van der Waals surface area contributed by atoms with E-state index in [1.54, 1.807) is 6.33 Å². The molecule has 0 amide bonds. The SMILES string of the molecule is CC(NC1CCCC1S(C)(=O)=O)c1nncn1C. The number of aromatic nitrogens is 3. The summed E-state index contributed by atoms with van der Waals surface area (Å²) in [6.07, 6.45) is 5.59. The van der Waals surface area contributed by atoms with Gasteiger partial charge in [-0.2, -0.15) is 0 Å². The number of nitrogens with zero attached hydrogens (tertiary/aromatic N) is 3. The minimum absolute atomic E-state index is 0.00449. The molecule has 0 aliphatic heterocycles. The van der Waals surface area contributed by atoms with Gasteiger partial charge in [-0.05, 0) is 19.8 Å². The molecule has 18 heavy (non-hydrogen) atoms. The lowest BCUT2D eigenvalue weighted by molar-refractivity contribution is 0.436. The van der Waals surface area contributed by atoms with E-state index in [1.165, 1.54) is 6.26 Å². The van der Waals surface area contributed by atoms with Crippen molar-refractivity contribution in [3.63, 3.8) is 0 Å². The summed E-state index contributed by atoms with van der Waals surface area (Å²) in [5.74, 6) is 0.828. The Bertz CT molecular complexity index is 511. The van der Waals surface area contributed by atoms with Crippen LogP contribution in [0.3, 0.4) is 0 Å². The molecule has 1 fully saturated rings. The molecular formula is C11H20N4O2S. The topological polar surface area (TPSA) is 76.9 Å². The third-order valence-electron chi connectivity index (χ3n) is 3.60. The molecule has 3 unspecified atom stereocenters. The molecule has 1 aliphatic carbocycles. The Hall–Kier alpha value is -0.950. The Balaban J connectivity index is 2.08. The zero-order chi connectivity index (χ0) is 13.3. The number of rotatable bonds is 4. The maximum Gasteiger partial charge on any atom is 0.151 e. The molecular weight excluding hydrogens is 252 g/mol. The molecule has 1 aromatic rings. The first-order chi connectivity index (χ1) is 8.39. The summed E-state index contributed by atoms with van der Waals surface area (Å²) in [5, 5.41) is 11.0. The van der Waals surface area contributed by atoms with Crippen molar-refractivity contribution >= 4 is 9.84 Å². The van der Waals surface area contributed by atoms with E-state index in [0.717, 1.165) is 25.1 Å². The maximum atomic E-state index is 11.7. The first-order valence-corrected chi connectivity index (χ1v) is 8.14. The Morgan fingerprint density at radius 3 is 2.78 bits per heavy atom. The number of hydrogen-bond donors (Lipinski definition) is 1. The molecule has 1 N–H and O–H groups in total. The van der Waals surface area contributed by atoms with Crippen molar-refractivity contribution in [1.82, 2.24) is 20.1 Å². The molecule has 1 aromatic heterocycles. The summed E-state index contributed by atoms with van der Waals surface area (Å²) in [7, 11) is -1.10. The van der Waals surface area contributed by atoms with Crippen LogP contribution in [0.5, 0.6) is 0 Å². The van der Waals surface area contributed by atoms with Crippen LogP contribution >= 0.6 is 0 Å². The van der Waals surface area contributed by atoms with Gasteiger partial charge in [-0.25, -0.2) is 8.42 Å². The van der Waals surface area contributed by atoms with E-state index in [0.29, 0.717) is 0 Å². The minimum atomic E-state index is -2.98. The molecule has 2 rings (SSSR count). The van der Waals surface area contributed by atoms with Gasteiger partial charge in [-0.15, -0.1) is 10.2 Å². The van der Waals surface area contributed by atoms with Gasteiger partial charge in [0.2, 0.25) is 0 Å². The van der Waals surface area contributed by atoms with E-state index in [-0.39, 0.29) is 17.3 Å². The summed E-state index contributed by atoms with van der Waals surface area (Å²) in [6, 6.07) is 0.0246. The van der Waals surface area contributed by atoms with Crippen LogP contribution < -0.4 is 5.32 Å². The lowest BCUT2D eigenvalue weighted by Gasteiger charge is -2.23. The molecule has 1 heterocycles. The van der Waals surface area contributed by atoms with Crippen LogP contribution in [0.15, 0.2) is 6.33 Å². The van der Waals surface area contributed by atoms with Crippen molar-refractivity contribution in [2.24, 2.45) is 7.05 Å². The average Bonchev–Trinajstić information content (AvgIpc) is 2.85. The minimum Gasteiger partial charge on any atom is -0.319 e. The van der Waals surface area contributed by atoms with Crippen LogP contribution in [0.2, 0.25) is 0 Å². The van der Waals surface area contributed by atoms with Crippen LogP contribution in [-0.4, -0.2) is 40.7 Å². The van der Waals surface area contributed by atoms with Crippen LogP contribution in [0.4, 0.5) is 0 Å². The summed E-state index contributed by atoms with van der Waals surface area (Å²) in [5.41, 5.74) is 0. The van der Waals surface area contributed by atoms with E-state index in [4.69, 9.17) is 0 Å². The summed E-state index contributed by atoms with van der Waals surface area (Å²) < 4.78 is 25.3. The summed E-state index contributed by atoms with van der Waals surface area (Å²) in [4.78, 5) is 0. The fourth-order valence-electron chi connectivity index (χ4n) is 2.71. The highest BCUT2D eigenvalue weighted by Crippen LogP contribution is 2.27. The Morgan fingerprint density at radius 2 is 2.22 bits per heavy atom. The molecule has 6 nitrogen and oxygen atoms in total. The highest BCUT2D eigenvalue weighted by molar-refractivity contribution is 7.91. The van der Waals surface area contributed by atoms with Gasteiger partial charge in [0.15, 0.2) is 9.84 Å². The molecule has 7 heteroatoms. The van der Waals surface area contributed by atoms with Crippen molar-refractivity contribution in [2.45, 2.75) is 43.5 Å². The Morgan fingerprint density at radius 1 is 1.50 bits per heavy atom. The fraction of sp³-hybridized carbons (Fsp3) is 0.818. The van der Waals surface area contributed by atoms with E-state index in [9.17, 15) is 8.42 Å². The predicted octanol–water partition coefficient (Wildman–Crippen LogP) is 0.431. The van der Waals surface area contributed by atoms with E-state index in [2.05, 4.69) is 15.5 Å². The van der Waals surface area contributed by atoms with E-state index >= 15 is 0 Å². The monoisotopic (exact) mass is 272 g/mol. The van der Waals surface area contributed by atoms with Gasteiger partial charge in [0.1, 0.15) is 12.2 Å². The third-order valence-corrected chi connectivity index (χ3v) is 5.26. The Labute approximate surface area is 108 Å². The average molecular weight is 272 g/mol. The highest BCUT2D eigenvalue weighted by Gasteiger charge is 2.35. The maximum absolute atomic E-state index is 11.7. The van der Waals surface area contributed by atoms with Crippen LogP contribution in [0.25, 0.3) is 0 Å². The van der Waals surface area contributed by atoms with Crippen molar-refractivity contribution < 1.29 is 8.42 Å². The van der Waals surface area contributed by atoms with Crippen LogP contribution in [-0.2, 0) is 16.9 Å². The molecule has 0 aromatic carbocycles. The van der Waals surface area contributed by atoms with E-state index < -0.39 is 9.84 Å². The van der Waals surface area contributed by atoms with Crippen molar-refractivity contribution in [1.29, 1.82) is 0 Å². The molecule has 0 bridgehead atoms. The number of aryl methyl sites for hydroxylation is 1. The molecule has 1 saturated carbocycles. The van der Waals surface area contributed by atoms with Crippen LogP contribution in [0, 0.1) is 0 Å². The quantitative estimate of drug-likeness (QED) is 0.860. The zero-order valence-electron chi connectivity index (χ0n) is 11.0. The van der Waals surface area contributed by atoms with Gasteiger partial charge >= 0.3 is 0 Å². The molecule has 3 atom stereocenters. The summed E-state index contributed by atoms with van der Waals surface area (Å²) in [6.45, 7) is 1.99. The van der Waals surface area contributed by atoms with E-state index in [1.807, 2.05) is 18.5 Å². The first-order valence-electron chi connectivity index (χ1n) is 6.18. The smallest absolute Gasteiger partial charge is 0.151 e. The van der Waals surface area contributed by atoms with Gasteiger partial charge in [0.25, 0.3) is 0 Å². The summed E-state index contributed by atoms with van der Waals surface area (Å²) >= 11 is 0. The van der Waals surface area contributed by atoms with Gasteiger partial charge in [-0.1, -0.05) is 6.42 Å². The molecule has 0 spiro atoms. The molecule has 1 aliphatic rings. The second kappa shape index (κ2) is 4.97. The van der Waals surface area contributed by atoms with Crippen molar-refractivity contribution in [3.8, 4) is 0 Å². The van der Waals surface area contributed by atoms with Crippen molar-refractivity contribution in [2.75, 3.05) is 6.26 Å². The predicted molar refractivity (Wildman–Crippen MR) is 68.8 cm³/mol. The van der Waals surface area contributed by atoms with Gasteiger partial charge in [-0.3, -0.25) is 0 Å². The lowest BCUT2D eigenvalue weighted by Crippen LogP contribution is -2.41. The zero-order valence-corrected chi connectivity index (χ0v) is 11.8. The third kappa shape index (κ3) is 2.72. The largest absolute Gasteiger partial charge is 0.319 e. The lowest BCUT2D eigenvalue weighted by atomic mass is 10.2.